The molecule has 2 aromatic rings. The van der Waals surface area contributed by atoms with Crippen molar-refractivity contribution in [3.63, 3.8) is 0 Å². The van der Waals surface area contributed by atoms with E-state index in [0.29, 0.717) is 35.6 Å². The van der Waals surface area contributed by atoms with Gasteiger partial charge in [-0.3, -0.25) is 14.6 Å². The molecule has 0 aromatic heterocycles. The molecule has 2 aliphatic heterocycles. The van der Waals surface area contributed by atoms with Crippen molar-refractivity contribution in [2.45, 2.75) is 31.8 Å². The molecular weight excluding hydrogens is 557 g/mol. The minimum atomic E-state index is -1.25. The summed E-state index contributed by atoms with van der Waals surface area (Å²) >= 11 is 13.1. The highest BCUT2D eigenvalue weighted by Crippen LogP contribution is 2.34. The van der Waals surface area contributed by atoms with Gasteiger partial charge in [-0.05, 0) is 48.6 Å². The number of amides is 2. The number of nitrogens with one attached hydrogen (secondary N) is 2. The van der Waals surface area contributed by atoms with Crippen molar-refractivity contribution in [3.8, 4) is 5.75 Å². The van der Waals surface area contributed by atoms with E-state index in [1.54, 1.807) is 48.4 Å². The standard InChI is InChI=1S/C28H31Cl2N5O5/c1-31-28(34-11-4-5-12-34)32-15-21(27(39)40)33-26(38)24-20(29)14-18-16-35(13-10-19(18)25(24)30)23(37)9-8-17-6-2-3-7-22(17)36/h2-3,6-9,14,21,36H,4-5,10-13,15-16H2,1H3,(H,31,32)(H,33,38)(H,39,40)/b9-8+. The summed E-state index contributed by atoms with van der Waals surface area (Å²) in [5.74, 6) is -1.51. The number of rotatable bonds is 7. The van der Waals surface area contributed by atoms with Crippen molar-refractivity contribution in [2.24, 2.45) is 4.99 Å². The molecule has 0 bridgehead atoms. The molecule has 2 aromatic carbocycles. The lowest BCUT2D eigenvalue weighted by Gasteiger charge is -2.30. The van der Waals surface area contributed by atoms with E-state index in [4.69, 9.17) is 23.2 Å². The van der Waals surface area contributed by atoms with Crippen LogP contribution in [0, 0.1) is 0 Å². The van der Waals surface area contributed by atoms with Crippen LogP contribution in [0.25, 0.3) is 6.08 Å². The van der Waals surface area contributed by atoms with Crippen molar-refractivity contribution in [1.82, 2.24) is 20.4 Å². The molecule has 12 heteroatoms. The predicted molar refractivity (Wildman–Crippen MR) is 154 cm³/mol. The van der Waals surface area contributed by atoms with Crippen LogP contribution in [0.2, 0.25) is 10.0 Å². The first-order valence-corrected chi connectivity index (χ1v) is 13.7. The average Bonchev–Trinajstić information content (AvgIpc) is 3.46. The minimum Gasteiger partial charge on any atom is -0.507 e. The fourth-order valence-corrected chi connectivity index (χ4v) is 5.59. The SMILES string of the molecule is C/N=C(/NCC(NC(=O)c1c(Cl)cc2c(c1Cl)CCN(C(=O)/C=C/c1ccccc1O)C2)C(=O)O)N1CCCC1. The van der Waals surface area contributed by atoms with Gasteiger partial charge in [0.1, 0.15) is 11.8 Å². The molecule has 1 atom stereocenters. The highest BCUT2D eigenvalue weighted by molar-refractivity contribution is 6.40. The largest absolute Gasteiger partial charge is 0.507 e. The molecule has 1 saturated heterocycles. The van der Waals surface area contributed by atoms with Crippen molar-refractivity contribution in [3.05, 3.63) is 68.7 Å². The number of hydrogen-bond donors (Lipinski definition) is 4. The summed E-state index contributed by atoms with van der Waals surface area (Å²) in [5, 5.41) is 25.4. The lowest BCUT2D eigenvalue weighted by atomic mass is 9.96. The maximum absolute atomic E-state index is 13.2. The number of carboxylic acids is 1. The van der Waals surface area contributed by atoms with Gasteiger partial charge >= 0.3 is 5.97 Å². The number of aliphatic carboxylic acids is 1. The molecule has 0 saturated carbocycles. The fourth-order valence-electron chi connectivity index (χ4n) is 4.83. The molecule has 2 heterocycles. The van der Waals surface area contributed by atoms with E-state index in [9.17, 15) is 24.6 Å². The molecule has 4 rings (SSSR count). The number of halogens is 2. The first-order valence-electron chi connectivity index (χ1n) is 12.9. The van der Waals surface area contributed by atoms with Gasteiger partial charge in [-0.1, -0.05) is 41.4 Å². The number of phenolic OH excluding ortho intramolecular Hbond substituents is 1. The topological polar surface area (TPSA) is 135 Å². The molecule has 0 radical (unpaired) electrons. The maximum atomic E-state index is 13.2. The number of phenols is 1. The van der Waals surface area contributed by atoms with E-state index < -0.39 is 17.9 Å². The highest BCUT2D eigenvalue weighted by Gasteiger charge is 2.29. The normalized spacial score (nSPS) is 16.1. The van der Waals surface area contributed by atoms with Gasteiger partial charge in [-0.15, -0.1) is 0 Å². The van der Waals surface area contributed by atoms with Crippen LogP contribution in [0.5, 0.6) is 5.75 Å². The summed E-state index contributed by atoms with van der Waals surface area (Å²) in [6, 6.07) is 7.04. The van der Waals surface area contributed by atoms with Gasteiger partial charge in [0.05, 0.1) is 15.6 Å². The first kappa shape index (κ1) is 29.2. The second-order valence-corrected chi connectivity index (χ2v) is 10.4. The summed E-state index contributed by atoms with van der Waals surface area (Å²) in [6.45, 7) is 2.18. The Bertz CT molecular complexity index is 1360. The van der Waals surface area contributed by atoms with Gasteiger partial charge in [0.2, 0.25) is 5.91 Å². The molecule has 2 amide bonds. The van der Waals surface area contributed by atoms with Crippen LogP contribution in [-0.4, -0.2) is 83.0 Å². The Morgan fingerprint density at radius 1 is 1.12 bits per heavy atom. The van der Waals surface area contributed by atoms with Crippen LogP contribution in [-0.2, 0) is 22.6 Å². The molecule has 10 nitrogen and oxygen atoms in total. The second-order valence-electron chi connectivity index (χ2n) is 9.57. The van der Waals surface area contributed by atoms with E-state index in [-0.39, 0.29) is 40.4 Å². The number of likely N-dealkylation sites (tertiary alicyclic amines) is 1. The van der Waals surface area contributed by atoms with E-state index in [0.717, 1.165) is 25.9 Å². The Morgan fingerprint density at radius 3 is 2.52 bits per heavy atom. The number of carbonyl (C=O) groups excluding carboxylic acids is 2. The van der Waals surface area contributed by atoms with E-state index >= 15 is 0 Å². The van der Waals surface area contributed by atoms with Crippen LogP contribution in [0.4, 0.5) is 0 Å². The Kier molecular flexibility index (Phi) is 9.54. The smallest absolute Gasteiger partial charge is 0.328 e. The number of aliphatic imine (C=N–C) groups is 1. The maximum Gasteiger partial charge on any atom is 0.328 e. The highest BCUT2D eigenvalue weighted by atomic mass is 35.5. The molecular formula is C28H31Cl2N5O5. The number of carbonyl (C=O) groups is 3. The van der Waals surface area contributed by atoms with E-state index in [1.807, 2.05) is 4.90 Å². The Morgan fingerprint density at radius 2 is 1.85 bits per heavy atom. The summed E-state index contributed by atoms with van der Waals surface area (Å²) in [4.78, 5) is 45.7. The summed E-state index contributed by atoms with van der Waals surface area (Å²) in [6.07, 6.45) is 5.40. The number of aromatic hydroxyl groups is 1. The Hall–Kier alpha value is -3.76. The quantitative estimate of drug-likeness (QED) is 0.222. The average molecular weight is 588 g/mol. The van der Waals surface area contributed by atoms with Gasteiger partial charge in [0.15, 0.2) is 5.96 Å². The van der Waals surface area contributed by atoms with Crippen LogP contribution in [0.3, 0.4) is 0 Å². The zero-order valence-corrected chi connectivity index (χ0v) is 23.5. The number of carboxylic acid groups (broad SMARTS) is 1. The number of nitrogens with zero attached hydrogens (tertiary/aromatic N) is 3. The number of fused-ring (bicyclic) bond motifs is 1. The number of para-hydroxylation sites is 1. The van der Waals surface area contributed by atoms with Crippen molar-refractivity contribution >= 4 is 53.0 Å². The van der Waals surface area contributed by atoms with Crippen LogP contribution in [0.15, 0.2) is 41.4 Å². The zero-order valence-electron chi connectivity index (χ0n) is 22.0. The minimum absolute atomic E-state index is 0.00326. The number of hydrogen-bond acceptors (Lipinski definition) is 5. The summed E-state index contributed by atoms with van der Waals surface area (Å²) in [5.41, 5.74) is 1.91. The Labute approximate surface area is 242 Å². The molecule has 1 unspecified atom stereocenters. The predicted octanol–water partition coefficient (Wildman–Crippen LogP) is 3.15. The molecule has 2 aliphatic rings. The molecule has 212 valence electrons. The van der Waals surface area contributed by atoms with Gasteiger partial charge in [-0.2, -0.15) is 0 Å². The van der Waals surface area contributed by atoms with Crippen LogP contribution in [0.1, 0.15) is 39.9 Å². The van der Waals surface area contributed by atoms with E-state index in [2.05, 4.69) is 15.6 Å². The monoisotopic (exact) mass is 587 g/mol. The van der Waals surface area contributed by atoms with Gasteiger partial charge in [-0.25, -0.2) is 4.79 Å². The van der Waals surface area contributed by atoms with Gasteiger partial charge in [0, 0.05) is 51.4 Å². The van der Waals surface area contributed by atoms with Crippen LogP contribution >= 0.6 is 23.2 Å². The number of benzene rings is 2. The lowest BCUT2D eigenvalue weighted by Crippen LogP contribution is -2.51. The third kappa shape index (κ3) is 6.68. The summed E-state index contributed by atoms with van der Waals surface area (Å²) < 4.78 is 0. The van der Waals surface area contributed by atoms with Gasteiger partial charge in [0.25, 0.3) is 5.91 Å². The Balaban J connectivity index is 1.44. The molecule has 0 spiro atoms. The molecule has 4 N–H and O–H groups in total. The third-order valence-corrected chi connectivity index (χ3v) is 7.69. The molecule has 40 heavy (non-hydrogen) atoms. The fraction of sp³-hybridized carbons (Fsp3) is 0.357. The van der Waals surface area contributed by atoms with Crippen molar-refractivity contribution in [1.29, 1.82) is 0 Å². The van der Waals surface area contributed by atoms with Crippen molar-refractivity contribution in [2.75, 3.05) is 33.2 Å². The van der Waals surface area contributed by atoms with Crippen molar-refractivity contribution < 1.29 is 24.6 Å². The zero-order chi connectivity index (χ0) is 28.8. The number of guanidine groups is 1. The van der Waals surface area contributed by atoms with Gasteiger partial charge < -0.3 is 30.6 Å². The molecule has 1 fully saturated rings. The lowest BCUT2D eigenvalue weighted by molar-refractivity contribution is -0.139. The van der Waals surface area contributed by atoms with Crippen LogP contribution < -0.4 is 10.6 Å². The van der Waals surface area contributed by atoms with E-state index in [1.165, 1.54) is 6.08 Å². The first-order chi connectivity index (χ1) is 19.2. The summed E-state index contributed by atoms with van der Waals surface area (Å²) in [7, 11) is 1.63. The third-order valence-electron chi connectivity index (χ3n) is 6.97. The second kappa shape index (κ2) is 13.1. The molecule has 0 aliphatic carbocycles.